The fraction of sp³-hybridized carbons (Fsp3) is 0.143. The van der Waals surface area contributed by atoms with Crippen molar-refractivity contribution in [2.24, 2.45) is 0 Å². The summed E-state index contributed by atoms with van der Waals surface area (Å²) in [6.07, 6.45) is 0. The third-order valence-electron chi connectivity index (χ3n) is 6.07. The van der Waals surface area contributed by atoms with E-state index in [0.717, 1.165) is 0 Å². The first kappa shape index (κ1) is 25.9. The molecule has 1 aliphatic heterocycles. The molecule has 94 valence electrons. The Hall–Kier alpha value is 8.31. The Bertz CT molecular complexity index is 796. The normalized spacial score (nSPS) is 12.2. The van der Waals surface area contributed by atoms with Crippen molar-refractivity contribution >= 4 is 15.0 Å². The third-order valence-corrected chi connectivity index (χ3v) is 75.8. The predicted octanol–water partition coefficient (Wildman–Crippen LogP) is -2.81. The molecule has 0 N–H and O–H groups in total. The summed E-state index contributed by atoms with van der Waals surface area (Å²) in [5, 5.41) is 0. The Morgan fingerprint density at radius 3 is 1.30 bits per heavy atom. The Balaban J connectivity index is 2.40. The molecule has 2 aromatic rings. The molecule has 0 radical (unpaired) electrons. The summed E-state index contributed by atoms with van der Waals surface area (Å²) in [6, 6.07) is 0. The van der Waals surface area contributed by atoms with E-state index < -0.39 is 0 Å². The number of fused-ring (bicyclic) bond motifs is 2. The second kappa shape index (κ2) is 11.2. The topological polar surface area (TPSA) is 12.5 Å². The quantitative estimate of drug-likeness (QED) is 0.283. The predicted molar refractivity (Wildman–Crippen MR) is 72.1 cm³/mol. The molecule has 0 fully saturated rings. The van der Waals surface area contributed by atoms with Gasteiger partial charge in [-0.3, -0.25) is 0 Å². The second-order valence-electron chi connectivity index (χ2n) is 7.02. The molecular weight excluding hydrogens is 1780 g/mol. The number of hydrogen-bond donors (Lipinski definition) is 0. The molecule has 3 rings (SSSR count). The molecule has 0 bridgehead atoms. The molecule has 0 aliphatic carbocycles. The summed E-state index contributed by atoms with van der Waals surface area (Å²) >= 11 is 2.82. The van der Waals surface area contributed by atoms with E-state index >= 15 is 0 Å². The summed E-state index contributed by atoms with van der Waals surface area (Å²) in [4.78, 5) is 0. The van der Waals surface area contributed by atoms with Gasteiger partial charge in [0.05, 0.1) is 0 Å². The molecule has 1 heterocycles. The molecule has 1 aliphatic rings. The van der Waals surface area contributed by atoms with Crippen molar-refractivity contribution < 1.29 is 305 Å². The maximum absolute atomic E-state index is 6.78. The van der Waals surface area contributed by atoms with Crippen LogP contribution in [-0.4, -0.2) is 0 Å². The average Bonchev–Trinajstić information content (AvgIpc) is 2.53. The van der Waals surface area contributed by atoms with Gasteiger partial charge in [-0.2, -0.15) is 0 Å². The van der Waals surface area contributed by atoms with Crippen molar-refractivity contribution in [3.63, 3.8) is 0 Å². The van der Waals surface area contributed by atoms with Crippen molar-refractivity contribution in [2.75, 3.05) is 0.431 Å². The van der Waals surface area contributed by atoms with Crippen molar-refractivity contribution in [3.8, 4) is 11.5 Å². The van der Waals surface area contributed by atoms with Gasteiger partial charge in [-0.25, -0.2) is 0 Å². The third kappa shape index (κ3) is 5.21. The van der Waals surface area contributed by atoms with Crippen molar-refractivity contribution in [3.05, 3.63) is 11.1 Å². The average molecular weight is 1790 g/mol. The van der Waals surface area contributed by atoms with Gasteiger partial charge < -0.3 is 0 Å². The SMILES string of the molecule is Cc1[c]([RaH])[c]([RaH])c2c([c]1[RaH])Oc1[c]([RaH])c(C)[c]([RaH])[c]([RaH])c1[N]2[RaH]. The second-order valence-corrected chi connectivity index (χ2v) is 35.4. The van der Waals surface area contributed by atoms with E-state index in [2.05, 4.69) is 14.3 Å². The zero-order chi connectivity index (χ0) is 17.2. The van der Waals surface area contributed by atoms with Gasteiger partial charge in [-0.05, 0) is 0 Å². The summed E-state index contributed by atoms with van der Waals surface area (Å²) in [5.41, 5.74) is 6.56. The van der Waals surface area contributed by atoms with Crippen LogP contribution in [0.1, 0.15) is 11.1 Å². The summed E-state index contributed by atoms with van der Waals surface area (Å²) in [7, 11) is 0. The Labute approximate surface area is 343 Å². The molecule has 0 aromatic heterocycles. The van der Waals surface area contributed by atoms with Crippen molar-refractivity contribution in [2.45, 2.75) is 13.8 Å². The van der Waals surface area contributed by atoms with Gasteiger partial charge in [-0.15, -0.1) is 0 Å². The number of rotatable bonds is 0. The molecule has 0 saturated heterocycles. The van der Waals surface area contributed by atoms with Gasteiger partial charge in [0.25, 0.3) is 0 Å². The molecule has 23 heavy (non-hydrogen) atoms. The molecule has 0 amide bonds. The van der Waals surface area contributed by atoms with Crippen LogP contribution < -0.4 is 8.79 Å². The zero-order valence-electron chi connectivity index (χ0n) is 15.9. The molecule has 0 atom stereocenters. The molecule has 2 aromatic carbocycles. The van der Waals surface area contributed by atoms with E-state index in [1.54, 1.807) is 24.9 Å². The summed E-state index contributed by atoms with van der Waals surface area (Å²) in [6.45, 7) is 4.79. The van der Waals surface area contributed by atoms with Crippen LogP contribution in [0.4, 0.5) is 11.4 Å². The number of ether oxygens (including phenoxy) is 1. The minimum atomic E-state index is 0.315. The number of nitrogens with zero attached hydrogens (tertiary/aromatic N) is 1. The van der Waals surface area contributed by atoms with Crippen LogP contribution in [0.15, 0.2) is 0 Å². The van der Waals surface area contributed by atoms with Crippen molar-refractivity contribution in [1.82, 2.24) is 0 Å². The monoisotopic (exact) mass is 1790 g/mol. The van der Waals surface area contributed by atoms with E-state index in [1.807, 2.05) is 1.21 Å². The zero-order valence-corrected chi connectivity index (χ0v) is 73.4. The molecule has 0 saturated carbocycles. The van der Waals surface area contributed by atoms with Gasteiger partial charge in [0.1, 0.15) is 0 Å². The first-order valence-corrected chi connectivity index (χ1v) is 36.6. The first-order chi connectivity index (χ1) is 10.7. The molecule has 9 heteroatoms. The Kier molecular flexibility index (Phi) is 12.6. The molecule has 2 nitrogen and oxygen atoms in total. The summed E-state index contributed by atoms with van der Waals surface area (Å²) < 4.78 is 20.2. The first-order valence-electron chi connectivity index (χ1n) is 8.30. The maximum atomic E-state index is 6.78. The molecular formula is C14H13NORa7. The standard InChI is InChI=1S/C14H6NO.7Ra.7H/c1-9-3-5-11-13(7-9)16-14-8-10(2)4-6-12(14)15-11;;;;;;;;;;;;;;/h1-2H3;;;;;;;;;;;;;;/q-1;;;;;;;+1;;;;;;;. The van der Waals surface area contributed by atoms with E-state index in [9.17, 15) is 0 Å². The summed E-state index contributed by atoms with van der Waals surface area (Å²) in [5.74, 6) is 2.71. The Morgan fingerprint density at radius 1 is 0.609 bits per heavy atom. The Morgan fingerprint density at radius 2 is 0.957 bits per heavy atom. The van der Waals surface area contributed by atoms with Crippen LogP contribution in [0.2, 0.25) is 0 Å². The van der Waals surface area contributed by atoms with E-state index in [1.165, 1.54) is 11.5 Å². The van der Waals surface area contributed by atoms with E-state index in [-0.39, 0.29) is 0 Å². The molecule has 0 spiro atoms. The number of anilines is 2. The van der Waals surface area contributed by atoms with E-state index in [4.69, 9.17) is 4.74 Å². The fourth-order valence-electron chi connectivity index (χ4n) is 3.79. The van der Waals surface area contributed by atoms with Crippen LogP contribution in [0.3, 0.4) is 0 Å². The fourth-order valence-corrected chi connectivity index (χ4v) is 58.8. The van der Waals surface area contributed by atoms with Crippen LogP contribution in [0, 0.1) is 314 Å². The van der Waals surface area contributed by atoms with Crippen LogP contribution >= 0.6 is 0 Å². The number of hydrogen-bond acceptors (Lipinski definition) is 2. The molecule has 0 unspecified atom stereocenters. The number of benzene rings is 2. The van der Waals surface area contributed by atoms with Gasteiger partial charge in [0.2, 0.25) is 0 Å². The van der Waals surface area contributed by atoms with E-state index in [0.29, 0.717) is 300 Å². The van der Waals surface area contributed by atoms with Gasteiger partial charge in [-0.1, -0.05) is 0 Å². The minimum absolute atomic E-state index is 0.315. The van der Waals surface area contributed by atoms with Gasteiger partial charge >= 0.3 is 357 Å². The van der Waals surface area contributed by atoms with Gasteiger partial charge in [0.15, 0.2) is 0 Å². The van der Waals surface area contributed by atoms with Crippen molar-refractivity contribution in [1.29, 1.82) is 0 Å². The van der Waals surface area contributed by atoms with Crippen LogP contribution in [0.25, 0.3) is 0 Å². The van der Waals surface area contributed by atoms with Crippen LogP contribution in [0.5, 0.6) is 11.5 Å². The van der Waals surface area contributed by atoms with Crippen LogP contribution in [-0.2, 0) is 0 Å². The van der Waals surface area contributed by atoms with Gasteiger partial charge in [0, 0.05) is 0 Å².